The van der Waals surface area contributed by atoms with Crippen LogP contribution in [0.15, 0.2) is 24.3 Å². The third kappa shape index (κ3) is 5.19. The summed E-state index contributed by atoms with van der Waals surface area (Å²) in [6.45, 7) is 1.30. The van der Waals surface area contributed by atoms with Gasteiger partial charge in [-0.25, -0.2) is 0 Å². The van der Waals surface area contributed by atoms with Gasteiger partial charge in [-0.2, -0.15) is 13.2 Å². The number of nitrogens with two attached hydrogens (primary N) is 1. The van der Waals surface area contributed by atoms with Gasteiger partial charge >= 0.3 is 6.18 Å². The van der Waals surface area contributed by atoms with Crippen molar-refractivity contribution in [3.05, 3.63) is 35.4 Å². The van der Waals surface area contributed by atoms with Gasteiger partial charge in [0.05, 0.1) is 6.61 Å². The summed E-state index contributed by atoms with van der Waals surface area (Å²) in [5.41, 5.74) is 7.32. The summed E-state index contributed by atoms with van der Waals surface area (Å²) < 4.78 is 40.1. The molecule has 0 aliphatic heterocycles. The molecule has 0 radical (unpaired) electrons. The Morgan fingerprint density at radius 1 is 1.24 bits per heavy atom. The normalized spacial score (nSPS) is 13.7. The molecule has 5 heteroatoms. The van der Waals surface area contributed by atoms with Crippen molar-refractivity contribution in [3.63, 3.8) is 0 Å². The van der Waals surface area contributed by atoms with Crippen LogP contribution in [0, 0.1) is 0 Å². The summed E-state index contributed by atoms with van der Waals surface area (Å²) in [6, 6.07) is 7.25. The van der Waals surface area contributed by atoms with Crippen LogP contribution in [0.25, 0.3) is 0 Å². The van der Waals surface area contributed by atoms with Gasteiger partial charge in [0.2, 0.25) is 0 Å². The van der Waals surface area contributed by atoms with Gasteiger partial charge in [0.25, 0.3) is 0 Å². The third-order valence-electron chi connectivity index (χ3n) is 2.44. The molecule has 17 heavy (non-hydrogen) atoms. The van der Waals surface area contributed by atoms with Crippen molar-refractivity contribution in [2.45, 2.75) is 25.6 Å². The molecule has 0 aliphatic rings. The highest BCUT2D eigenvalue weighted by molar-refractivity contribution is 5.24. The lowest BCUT2D eigenvalue weighted by atomic mass is 10.0. The zero-order valence-electron chi connectivity index (χ0n) is 9.63. The fourth-order valence-electron chi connectivity index (χ4n) is 1.36. The molecule has 0 saturated carbocycles. The average Bonchev–Trinajstić information content (AvgIpc) is 2.27. The van der Waals surface area contributed by atoms with Crippen LogP contribution < -0.4 is 5.73 Å². The smallest absolute Gasteiger partial charge is 0.367 e. The van der Waals surface area contributed by atoms with E-state index in [4.69, 9.17) is 5.73 Å². The molecule has 1 aromatic carbocycles. The van der Waals surface area contributed by atoms with Crippen LogP contribution in [0.3, 0.4) is 0 Å². The maximum Gasteiger partial charge on any atom is 0.411 e. The Labute approximate surface area is 98.6 Å². The molecule has 1 unspecified atom stereocenters. The molecular formula is C12H16F3NO. The standard InChI is InChI=1S/C12H16F3NO/c1-9(6-16)11-4-2-10(3-5-11)7-17-8-12(13,14)15/h2-5,9H,6-8,16H2,1H3. The lowest BCUT2D eigenvalue weighted by Gasteiger charge is -2.10. The van der Waals surface area contributed by atoms with Crippen molar-refractivity contribution in [2.75, 3.05) is 13.2 Å². The number of hydrogen-bond acceptors (Lipinski definition) is 2. The van der Waals surface area contributed by atoms with E-state index in [2.05, 4.69) is 4.74 Å². The highest BCUT2D eigenvalue weighted by Crippen LogP contribution is 2.17. The predicted octanol–water partition coefficient (Wildman–Crippen LogP) is 2.83. The molecule has 96 valence electrons. The Hall–Kier alpha value is -1.07. The highest BCUT2D eigenvalue weighted by atomic mass is 19.4. The number of ether oxygens (including phenoxy) is 1. The van der Waals surface area contributed by atoms with Crippen molar-refractivity contribution < 1.29 is 17.9 Å². The third-order valence-corrected chi connectivity index (χ3v) is 2.44. The van der Waals surface area contributed by atoms with Gasteiger partial charge in [-0.15, -0.1) is 0 Å². The first-order valence-electron chi connectivity index (χ1n) is 5.36. The quantitative estimate of drug-likeness (QED) is 0.868. The van der Waals surface area contributed by atoms with E-state index in [1.807, 2.05) is 19.1 Å². The summed E-state index contributed by atoms with van der Waals surface area (Å²) >= 11 is 0. The fraction of sp³-hybridized carbons (Fsp3) is 0.500. The van der Waals surface area contributed by atoms with Crippen LogP contribution in [0.2, 0.25) is 0 Å². The molecule has 1 aromatic rings. The molecule has 0 spiro atoms. The molecule has 0 bridgehead atoms. The number of benzene rings is 1. The second-order valence-electron chi connectivity index (χ2n) is 3.99. The van der Waals surface area contributed by atoms with E-state index in [-0.39, 0.29) is 12.5 Å². The van der Waals surface area contributed by atoms with Crippen LogP contribution in [0.4, 0.5) is 13.2 Å². The van der Waals surface area contributed by atoms with Crippen molar-refractivity contribution in [3.8, 4) is 0 Å². The van der Waals surface area contributed by atoms with E-state index in [1.165, 1.54) is 0 Å². The number of halogens is 3. The molecule has 1 atom stereocenters. The van der Waals surface area contributed by atoms with E-state index in [0.717, 1.165) is 11.1 Å². The zero-order valence-corrected chi connectivity index (χ0v) is 9.63. The lowest BCUT2D eigenvalue weighted by molar-refractivity contribution is -0.176. The van der Waals surface area contributed by atoms with Gasteiger partial charge in [-0.05, 0) is 23.6 Å². The van der Waals surface area contributed by atoms with E-state index in [0.29, 0.717) is 6.54 Å². The minimum atomic E-state index is -4.27. The Morgan fingerprint density at radius 2 is 1.82 bits per heavy atom. The van der Waals surface area contributed by atoms with Gasteiger partial charge < -0.3 is 10.5 Å². The summed E-state index contributed by atoms with van der Waals surface area (Å²) in [6.07, 6.45) is -4.27. The molecule has 2 nitrogen and oxygen atoms in total. The number of rotatable bonds is 5. The summed E-state index contributed by atoms with van der Waals surface area (Å²) in [4.78, 5) is 0. The van der Waals surface area contributed by atoms with Gasteiger partial charge in [0, 0.05) is 0 Å². The number of alkyl halides is 3. The van der Waals surface area contributed by atoms with Crippen molar-refractivity contribution in [2.24, 2.45) is 5.73 Å². The Balaban J connectivity index is 2.46. The van der Waals surface area contributed by atoms with Crippen LogP contribution in [-0.4, -0.2) is 19.3 Å². The van der Waals surface area contributed by atoms with E-state index in [9.17, 15) is 13.2 Å². The first kappa shape index (κ1) is 14.0. The maximum atomic E-state index is 11.8. The Bertz CT molecular complexity index is 335. The fourth-order valence-corrected chi connectivity index (χ4v) is 1.36. The van der Waals surface area contributed by atoms with E-state index >= 15 is 0 Å². The number of hydrogen-bond donors (Lipinski definition) is 1. The molecule has 0 fully saturated rings. The minimum absolute atomic E-state index is 0.0310. The van der Waals surface area contributed by atoms with Crippen molar-refractivity contribution in [1.82, 2.24) is 0 Å². The first-order valence-corrected chi connectivity index (χ1v) is 5.36. The molecule has 1 rings (SSSR count). The average molecular weight is 247 g/mol. The molecule has 0 aliphatic carbocycles. The first-order chi connectivity index (χ1) is 7.92. The maximum absolute atomic E-state index is 11.8. The zero-order chi connectivity index (χ0) is 12.9. The molecule has 0 aromatic heterocycles. The second kappa shape index (κ2) is 6.02. The summed E-state index contributed by atoms with van der Waals surface area (Å²) in [5, 5.41) is 0. The summed E-state index contributed by atoms with van der Waals surface area (Å²) in [5.74, 6) is 0.250. The van der Waals surface area contributed by atoms with Crippen LogP contribution in [-0.2, 0) is 11.3 Å². The molecule has 2 N–H and O–H groups in total. The highest BCUT2D eigenvalue weighted by Gasteiger charge is 2.27. The van der Waals surface area contributed by atoms with Crippen LogP contribution >= 0.6 is 0 Å². The Kier molecular flexibility index (Phi) is 4.96. The molecular weight excluding hydrogens is 231 g/mol. The van der Waals surface area contributed by atoms with Crippen molar-refractivity contribution in [1.29, 1.82) is 0 Å². The van der Waals surface area contributed by atoms with Gasteiger partial charge in [0.1, 0.15) is 6.61 Å². The van der Waals surface area contributed by atoms with Gasteiger partial charge in [-0.3, -0.25) is 0 Å². The summed E-state index contributed by atoms with van der Waals surface area (Å²) in [7, 11) is 0. The largest absolute Gasteiger partial charge is 0.411 e. The SMILES string of the molecule is CC(CN)c1ccc(COCC(F)(F)F)cc1. The Morgan fingerprint density at radius 3 is 2.29 bits per heavy atom. The van der Waals surface area contributed by atoms with Crippen molar-refractivity contribution >= 4 is 0 Å². The molecule has 0 amide bonds. The van der Waals surface area contributed by atoms with Gasteiger partial charge in [0.15, 0.2) is 0 Å². The monoisotopic (exact) mass is 247 g/mol. The van der Waals surface area contributed by atoms with E-state index < -0.39 is 12.8 Å². The van der Waals surface area contributed by atoms with E-state index in [1.54, 1.807) is 12.1 Å². The van der Waals surface area contributed by atoms with Crippen LogP contribution in [0.5, 0.6) is 0 Å². The second-order valence-corrected chi connectivity index (χ2v) is 3.99. The predicted molar refractivity (Wildman–Crippen MR) is 59.6 cm³/mol. The van der Waals surface area contributed by atoms with Crippen LogP contribution in [0.1, 0.15) is 24.0 Å². The lowest BCUT2D eigenvalue weighted by Crippen LogP contribution is -2.16. The topological polar surface area (TPSA) is 35.2 Å². The molecule has 0 heterocycles. The minimum Gasteiger partial charge on any atom is -0.367 e. The molecule has 0 saturated heterocycles. The van der Waals surface area contributed by atoms with Gasteiger partial charge in [-0.1, -0.05) is 31.2 Å².